The Labute approximate surface area is 122 Å². The summed E-state index contributed by atoms with van der Waals surface area (Å²) in [6.07, 6.45) is 6.31. The van der Waals surface area contributed by atoms with Crippen LogP contribution in [0.1, 0.15) is 45.4 Å². The second-order valence-corrected chi connectivity index (χ2v) is 6.59. The summed E-state index contributed by atoms with van der Waals surface area (Å²) in [5.74, 6) is 0.809. The van der Waals surface area contributed by atoms with Crippen molar-refractivity contribution in [1.82, 2.24) is 15.5 Å². The Bertz CT molecular complexity index is 318. The van der Waals surface area contributed by atoms with Gasteiger partial charge in [0.15, 0.2) is 0 Å². The molecule has 0 aromatic rings. The van der Waals surface area contributed by atoms with E-state index in [9.17, 15) is 9.90 Å². The minimum atomic E-state index is -0.638. The molecule has 1 atom stereocenters. The van der Waals surface area contributed by atoms with Crippen LogP contribution in [0.5, 0.6) is 0 Å². The number of carbonyl (C=O) groups is 1. The number of carbonyl (C=O) groups excluding carboxylic acids is 1. The highest BCUT2D eigenvalue weighted by atomic mass is 16.3. The van der Waals surface area contributed by atoms with Crippen LogP contribution in [0, 0.1) is 5.92 Å². The molecule has 1 aliphatic carbocycles. The summed E-state index contributed by atoms with van der Waals surface area (Å²) in [6.45, 7) is 6.85. The third-order valence-electron chi connectivity index (χ3n) is 4.54. The first-order valence-corrected chi connectivity index (χ1v) is 8.04. The van der Waals surface area contributed by atoms with Gasteiger partial charge in [-0.05, 0) is 57.5 Å². The summed E-state index contributed by atoms with van der Waals surface area (Å²) in [5.41, 5.74) is -0.638. The Morgan fingerprint density at radius 1 is 1.35 bits per heavy atom. The molecule has 2 aliphatic rings. The quantitative estimate of drug-likeness (QED) is 0.644. The van der Waals surface area contributed by atoms with Crippen LogP contribution >= 0.6 is 0 Å². The number of nitrogens with one attached hydrogen (secondary N) is 2. The van der Waals surface area contributed by atoms with Crippen LogP contribution in [0.2, 0.25) is 0 Å². The van der Waals surface area contributed by atoms with E-state index < -0.39 is 5.60 Å². The molecule has 0 bridgehead atoms. The van der Waals surface area contributed by atoms with E-state index in [-0.39, 0.29) is 6.03 Å². The highest BCUT2D eigenvalue weighted by molar-refractivity contribution is 5.73. The van der Waals surface area contributed by atoms with Crippen LogP contribution in [0.25, 0.3) is 0 Å². The van der Waals surface area contributed by atoms with Crippen LogP contribution in [0.4, 0.5) is 4.79 Å². The van der Waals surface area contributed by atoms with Gasteiger partial charge in [0, 0.05) is 19.6 Å². The summed E-state index contributed by atoms with van der Waals surface area (Å²) in [5, 5.41) is 15.5. The van der Waals surface area contributed by atoms with E-state index in [0.717, 1.165) is 38.1 Å². The van der Waals surface area contributed by atoms with Crippen LogP contribution in [0.15, 0.2) is 0 Å². The third kappa shape index (κ3) is 4.94. The van der Waals surface area contributed by atoms with Gasteiger partial charge in [-0.2, -0.15) is 0 Å². The van der Waals surface area contributed by atoms with Crippen LogP contribution in [-0.2, 0) is 0 Å². The van der Waals surface area contributed by atoms with Crippen molar-refractivity contribution in [3.63, 3.8) is 0 Å². The predicted octanol–water partition coefficient (Wildman–Crippen LogP) is 1.32. The van der Waals surface area contributed by atoms with Crippen molar-refractivity contribution in [2.75, 3.05) is 32.7 Å². The Balaban J connectivity index is 1.48. The van der Waals surface area contributed by atoms with Gasteiger partial charge in [0.05, 0.1) is 5.60 Å². The predicted molar refractivity (Wildman–Crippen MR) is 79.7 cm³/mol. The molecule has 2 amide bonds. The molecule has 116 valence electrons. The number of hydrogen-bond acceptors (Lipinski definition) is 3. The molecule has 2 fully saturated rings. The number of nitrogens with zero attached hydrogens (tertiary/aromatic N) is 1. The smallest absolute Gasteiger partial charge is 0.314 e. The monoisotopic (exact) mass is 283 g/mol. The number of urea groups is 1. The average molecular weight is 283 g/mol. The molecule has 2 rings (SSSR count). The summed E-state index contributed by atoms with van der Waals surface area (Å²) in [6, 6.07) is -0.155. The second kappa shape index (κ2) is 7.27. The van der Waals surface area contributed by atoms with Crippen LogP contribution in [0.3, 0.4) is 0 Å². The maximum atomic E-state index is 11.6. The fourth-order valence-corrected chi connectivity index (χ4v) is 3.06. The molecule has 5 heteroatoms. The van der Waals surface area contributed by atoms with Gasteiger partial charge >= 0.3 is 6.03 Å². The number of piperidine rings is 1. The molecule has 1 saturated heterocycles. The minimum Gasteiger partial charge on any atom is -0.388 e. The van der Waals surface area contributed by atoms with Gasteiger partial charge < -0.3 is 20.6 Å². The highest BCUT2D eigenvalue weighted by Gasteiger charge is 2.34. The number of likely N-dealkylation sites (tertiary alicyclic amines) is 1. The lowest BCUT2D eigenvalue weighted by Gasteiger charge is -2.36. The molecule has 3 N–H and O–H groups in total. The number of aliphatic hydroxyl groups is 1. The molecule has 0 spiro atoms. The van der Waals surface area contributed by atoms with E-state index in [4.69, 9.17) is 0 Å². The maximum absolute atomic E-state index is 11.6. The number of hydrogen-bond donors (Lipinski definition) is 3. The number of rotatable bonds is 6. The Morgan fingerprint density at radius 3 is 2.80 bits per heavy atom. The third-order valence-corrected chi connectivity index (χ3v) is 4.54. The lowest BCUT2D eigenvalue weighted by molar-refractivity contribution is -0.0290. The lowest BCUT2D eigenvalue weighted by Crippen LogP contribution is -2.50. The van der Waals surface area contributed by atoms with E-state index in [0.29, 0.717) is 13.1 Å². The summed E-state index contributed by atoms with van der Waals surface area (Å²) in [7, 11) is 0. The van der Waals surface area contributed by atoms with Crippen molar-refractivity contribution in [2.24, 2.45) is 5.92 Å². The number of amides is 2. The van der Waals surface area contributed by atoms with E-state index >= 15 is 0 Å². The standard InChI is InChI=1S/C15H29N3O2/c1-13-5-2-9-18(11-13)10-4-8-16-14(19)17-12-15(20)6-3-7-15/h13,20H,2-12H2,1H3,(H2,16,17,19). The first-order valence-electron chi connectivity index (χ1n) is 8.04. The van der Waals surface area contributed by atoms with Crippen LogP contribution < -0.4 is 10.6 Å². The first kappa shape index (κ1) is 15.6. The zero-order valence-corrected chi connectivity index (χ0v) is 12.7. The van der Waals surface area contributed by atoms with E-state index in [1.54, 1.807) is 0 Å². The molecule has 20 heavy (non-hydrogen) atoms. The van der Waals surface area contributed by atoms with Crippen molar-refractivity contribution in [1.29, 1.82) is 0 Å². The van der Waals surface area contributed by atoms with Gasteiger partial charge in [-0.1, -0.05) is 6.92 Å². The molecule has 1 heterocycles. The van der Waals surface area contributed by atoms with Crippen LogP contribution in [-0.4, -0.2) is 54.4 Å². The van der Waals surface area contributed by atoms with Crippen molar-refractivity contribution in [2.45, 2.75) is 51.0 Å². The topological polar surface area (TPSA) is 64.6 Å². The lowest BCUT2D eigenvalue weighted by atomic mass is 9.80. The van der Waals surface area contributed by atoms with Gasteiger partial charge in [-0.25, -0.2) is 4.79 Å². The van der Waals surface area contributed by atoms with Gasteiger partial charge in [-0.3, -0.25) is 0 Å². The Hall–Kier alpha value is -0.810. The molecule has 1 saturated carbocycles. The summed E-state index contributed by atoms with van der Waals surface area (Å²) in [4.78, 5) is 14.1. The van der Waals surface area contributed by atoms with Crippen molar-refractivity contribution >= 4 is 6.03 Å². The molecule has 5 nitrogen and oxygen atoms in total. The molecule has 0 aromatic heterocycles. The van der Waals surface area contributed by atoms with E-state index in [1.165, 1.54) is 25.9 Å². The summed E-state index contributed by atoms with van der Waals surface area (Å²) >= 11 is 0. The average Bonchev–Trinajstić information content (AvgIpc) is 2.39. The normalized spacial score (nSPS) is 25.8. The largest absolute Gasteiger partial charge is 0.388 e. The first-order chi connectivity index (χ1) is 9.57. The van der Waals surface area contributed by atoms with Gasteiger partial charge in [-0.15, -0.1) is 0 Å². The van der Waals surface area contributed by atoms with Crippen molar-refractivity contribution in [3.05, 3.63) is 0 Å². The molecule has 0 radical (unpaired) electrons. The fourth-order valence-electron chi connectivity index (χ4n) is 3.06. The zero-order valence-electron chi connectivity index (χ0n) is 12.7. The summed E-state index contributed by atoms with van der Waals surface area (Å²) < 4.78 is 0. The zero-order chi connectivity index (χ0) is 14.4. The molecular formula is C15H29N3O2. The molecular weight excluding hydrogens is 254 g/mol. The maximum Gasteiger partial charge on any atom is 0.314 e. The molecule has 0 aromatic carbocycles. The molecule has 1 unspecified atom stereocenters. The van der Waals surface area contributed by atoms with E-state index in [2.05, 4.69) is 22.5 Å². The van der Waals surface area contributed by atoms with Crippen molar-refractivity contribution < 1.29 is 9.90 Å². The van der Waals surface area contributed by atoms with Gasteiger partial charge in [0.2, 0.25) is 0 Å². The van der Waals surface area contributed by atoms with Gasteiger partial charge in [0.1, 0.15) is 0 Å². The molecule has 1 aliphatic heterocycles. The fraction of sp³-hybridized carbons (Fsp3) is 0.933. The van der Waals surface area contributed by atoms with E-state index in [1.807, 2.05) is 0 Å². The second-order valence-electron chi connectivity index (χ2n) is 6.59. The van der Waals surface area contributed by atoms with Crippen molar-refractivity contribution in [3.8, 4) is 0 Å². The van der Waals surface area contributed by atoms with Gasteiger partial charge in [0.25, 0.3) is 0 Å². The SMILES string of the molecule is CC1CCCN(CCCNC(=O)NCC2(O)CCC2)C1. The minimum absolute atomic E-state index is 0.155. The Morgan fingerprint density at radius 2 is 2.15 bits per heavy atom. The Kier molecular flexibility index (Phi) is 5.66. The highest BCUT2D eigenvalue weighted by Crippen LogP contribution is 2.30.